The molecule has 0 bridgehead atoms. The van der Waals surface area contributed by atoms with Gasteiger partial charge < -0.3 is 15.0 Å². The van der Waals surface area contributed by atoms with Gasteiger partial charge in [-0.2, -0.15) is 0 Å². The number of sulfonamides is 1. The lowest BCUT2D eigenvalue weighted by Gasteiger charge is -2.32. The van der Waals surface area contributed by atoms with Crippen molar-refractivity contribution in [1.29, 1.82) is 0 Å². The molecule has 0 saturated carbocycles. The van der Waals surface area contributed by atoms with Crippen LogP contribution in [0.1, 0.15) is 26.3 Å². The predicted octanol–water partition coefficient (Wildman–Crippen LogP) is 3.87. The lowest BCUT2D eigenvalue weighted by atomic mass is 10.1. The average Bonchev–Trinajstić information content (AvgIpc) is 2.92. The molecule has 3 aromatic carbocycles. The first-order chi connectivity index (χ1) is 18.1. The Morgan fingerprint density at radius 2 is 1.45 bits per heavy atom. The van der Waals surface area contributed by atoms with E-state index in [1.54, 1.807) is 49.4 Å². The second-order valence-corrected chi connectivity index (χ2v) is 11.0. The van der Waals surface area contributed by atoms with Crippen LogP contribution in [0, 0.1) is 0 Å². The number of nitrogens with one attached hydrogen (secondary N) is 1. The van der Waals surface area contributed by atoms with Crippen molar-refractivity contribution < 1.29 is 22.7 Å². The third kappa shape index (κ3) is 7.13. The van der Waals surface area contributed by atoms with Crippen LogP contribution in [-0.4, -0.2) is 57.4 Å². The summed E-state index contributed by atoms with van der Waals surface area (Å²) in [7, 11) is -2.70. The molecule has 0 aliphatic rings. The summed E-state index contributed by atoms with van der Waals surface area (Å²) >= 11 is 0. The molecule has 0 aliphatic carbocycles. The van der Waals surface area contributed by atoms with Crippen molar-refractivity contribution >= 4 is 27.5 Å². The zero-order valence-corrected chi connectivity index (χ0v) is 23.0. The van der Waals surface area contributed by atoms with Crippen LogP contribution in [0.3, 0.4) is 0 Å². The van der Waals surface area contributed by atoms with E-state index in [9.17, 15) is 18.0 Å². The molecule has 3 aromatic rings. The van der Waals surface area contributed by atoms with E-state index in [0.29, 0.717) is 12.2 Å². The monoisotopic (exact) mass is 537 g/mol. The van der Waals surface area contributed by atoms with Gasteiger partial charge in [0.05, 0.1) is 17.7 Å². The molecule has 0 aliphatic heterocycles. The van der Waals surface area contributed by atoms with Gasteiger partial charge in [0.25, 0.3) is 10.0 Å². The third-order valence-electron chi connectivity index (χ3n) is 6.05. The topological polar surface area (TPSA) is 96.0 Å². The van der Waals surface area contributed by atoms with Crippen molar-refractivity contribution in [3.63, 3.8) is 0 Å². The molecule has 2 amide bonds. The number of benzene rings is 3. The van der Waals surface area contributed by atoms with Crippen LogP contribution in [0.25, 0.3) is 0 Å². The van der Waals surface area contributed by atoms with Crippen LogP contribution < -0.4 is 14.4 Å². The van der Waals surface area contributed by atoms with Gasteiger partial charge in [-0.15, -0.1) is 0 Å². The Morgan fingerprint density at radius 3 is 2.05 bits per heavy atom. The van der Waals surface area contributed by atoms with E-state index in [4.69, 9.17) is 4.74 Å². The van der Waals surface area contributed by atoms with Gasteiger partial charge in [-0.25, -0.2) is 8.42 Å². The molecule has 1 atom stereocenters. The molecule has 0 aromatic heterocycles. The van der Waals surface area contributed by atoms with Crippen LogP contribution in [-0.2, 0) is 26.0 Å². The fourth-order valence-electron chi connectivity index (χ4n) is 4.04. The smallest absolute Gasteiger partial charge is 0.264 e. The summed E-state index contributed by atoms with van der Waals surface area (Å²) < 4.78 is 34.1. The van der Waals surface area contributed by atoms with Crippen LogP contribution >= 0.6 is 0 Å². The zero-order valence-electron chi connectivity index (χ0n) is 22.2. The SMILES string of the molecule is COc1ccccc1N(CC(=O)N(CCc1ccccc1)[C@H](C)C(=O)NC(C)C)S(=O)(=O)c1ccccc1. The summed E-state index contributed by atoms with van der Waals surface area (Å²) in [5, 5.41) is 2.85. The molecule has 9 heteroatoms. The molecular weight excluding hydrogens is 502 g/mol. The van der Waals surface area contributed by atoms with Crippen LogP contribution in [0.4, 0.5) is 5.69 Å². The fourth-order valence-corrected chi connectivity index (χ4v) is 5.49. The van der Waals surface area contributed by atoms with Crippen molar-refractivity contribution in [2.24, 2.45) is 0 Å². The second-order valence-electron chi connectivity index (χ2n) is 9.16. The lowest BCUT2D eigenvalue weighted by Crippen LogP contribution is -2.53. The van der Waals surface area contributed by atoms with Crippen molar-refractivity contribution in [2.75, 3.05) is 24.5 Å². The molecular formula is C29H35N3O5S. The standard InChI is InChI=1S/C29H35N3O5S/c1-22(2)30-29(34)23(3)31(20-19-24-13-7-5-8-14-24)28(33)21-32(26-17-11-12-18-27(26)37-4)38(35,36)25-15-9-6-10-16-25/h5-18,22-23H,19-21H2,1-4H3,(H,30,34)/t23-/m1/s1. The molecule has 3 rings (SSSR count). The molecule has 1 N–H and O–H groups in total. The summed E-state index contributed by atoms with van der Waals surface area (Å²) in [4.78, 5) is 28.3. The molecule has 0 radical (unpaired) electrons. The number of methoxy groups -OCH3 is 1. The number of hydrogen-bond donors (Lipinski definition) is 1. The van der Waals surface area contributed by atoms with E-state index in [1.807, 2.05) is 44.2 Å². The molecule has 8 nitrogen and oxygen atoms in total. The van der Waals surface area contributed by atoms with Gasteiger partial charge in [0, 0.05) is 12.6 Å². The Kier molecular flexibility index (Phi) is 9.90. The number of carbonyl (C=O) groups is 2. The van der Waals surface area contributed by atoms with E-state index in [-0.39, 0.29) is 29.1 Å². The summed E-state index contributed by atoms with van der Waals surface area (Å²) in [5.41, 5.74) is 1.23. The van der Waals surface area contributed by atoms with Crippen molar-refractivity contribution in [3.05, 3.63) is 90.5 Å². The number of rotatable bonds is 12. The normalized spacial score (nSPS) is 12.0. The summed E-state index contributed by atoms with van der Waals surface area (Å²) in [5.74, 6) is -0.504. The first-order valence-electron chi connectivity index (χ1n) is 12.5. The molecule has 0 spiro atoms. The number of anilines is 1. The number of para-hydroxylation sites is 2. The van der Waals surface area contributed by atoms with Crippen molar-refractivity contribution in [3.8, 4) is 5.75 Å². The van der Waals surface area contributed by atoms with E-state index in [1.165, 1.54) is 24.1 Å². The first kappa shape index (κ1) is 28.7. The largest absolute Gasteiger partial charge is 0.495 e. The molecule has 0 heterocycles. The van der Waals surface area contributed by atoms with Gasteiger partial charge in [0.2, 0.25) is 11.8 Å². The van der Waals surface area contributed by atoms with E-state index < -0.39 is 28.5 Å². The van der Waals surface area contributed by atoms with E-state index >= 15 is 0 Å². The second kappa shape index (κ2) is 13.1. The van der Waals surface area contributed by atoms with Crippen molar-refractivity contribution in [2.45, 2.75) is 44.2 Å². The minimum Gasteiger partial charge on any atom is -0.495 e. The third-order valence-corrected chi connectivity index (χ3v) is 7.82. The highest BCUT2D eigenvalue weighted by Crippen LogP contribution is 2.32. The first-order valence-corrected chi connectivity index (χ1v) is 13.9. The number of carbonyl (C=O) groups excluding carboxylic acids is 2. The highest BCUT2D eigenvalue weighted by atomic mass is 32.2. The highest BCUT2D eigenvalue weighted by Gasteiger charge is 2.33. The van der Waals surface area contributed by atoms with Gasteiger partial charge in [-0.1, -0.05) is 60.7 Å². The Morgan fingerprint density at radius 1 is 0.868 bits per heavy atom. The van der Waals surface area contributed by atoms with Crippen LogP contribution in [0.2, 0.25) is 0 Å². The van der Waals surface area contributed by atoms with Gasteiger partial charge in [-0.3, -0.25) is 13.9 Å². The predicted molar refractivity (Wildman–Crippen MR) is 149 cm³/mol. The maximum Gasteiger partial charge on any atom is 0.264 e. The van der Waals surface area contributed by atoms with E-state index in [0.717, 1.165) is 9.87 Å². The van der Waals surface area contributed by atoms with E-state index in [2.05, 4.69) is 5.32 Å². The van der Waals surface area contributed by atoms with Gasteiger partial charge in [-0.05, 0) is 57.0 Å². The average molecular weight is 538 g/mol. The Balaban J connectivity index is 2.00. The maximum absolute atomic E-state index is 13.9. The van der Waals surface area contributed by atoms with Crippen LogP contribution in [0.5, 0.6) is 5.75 Å². The summed E-state index contributed by atoms with van der Waals surface area (Å²) in [6, 6.07) is 23.3. The van der Waals surface area contributed by atoms with Crippen LogP contribution in [0.15, 0.2) is 89.8 Å². The minimum atomic E-state index is -4.14. The van der Waals surface area contributed by atoms with Gasteiger partial charge in [0.1, 0.15) is 18.3 Å². The Hall–Kier alpha value is -3.85. The molecule has 0 unspecified atom stereocenters. The highest BCUT2D eigenvalue weighted by molar-refractivity contribution is 7.92. The zero-order chi connectivity index (χ0) is 27.7. The summed E-state index contributed by atoms with van der Waals surface area (Å²) in [6.45, 7) is 5.07. The number of hydrogen-bond acceptors (Lipinski definition) is 5. The minimum absolute atomic E-state index is 0.0418. The number of amides is 2. The van der Waals surface area contributed by atoms with Crippen molar-refractivity contribution in [1.82, 2.24) is 10.2 Å². The Labute approximate surface area is 225 Å². The molecule has 202 valence electrons. The number of nitrogens with zero attached hydrogens (tertiary/aromatic N) is 2. The fraction of sp³-hybridized carbons (Fsp3) is 0.310. The number of ether oxygens (including phenoxy) is 1. The molecule has 0 saturated heterocycles. The van der Waals surface area contributed by atoms with Gasteiger partial charge >= 0.3 is 0 Å². The summed E-state index contributed by atoms with van der Waals surface area (Å²) in [6.07, 6.45) is 0.506. The molecule has 38 heavy (non-hydrogen) atoms. The quantitative estimate of drug-likeness (QED) is 0.378. The molecule has 0 fully saturated rings. The lowest BCUT2D eigenvalue weighted by molar-refractivity contribution is -0.139. The van der Waals surface area contributed by atoms with Gasteiger partial charge in [0.15, 0.2) is 0 Å². The maximum atomic E-state index is 13.9. The Bertz CT molecular complexity index is 1310.